The summed E-state index contributed by atoms with van der Waals surface area (Å²) in [5, 5.41) is 12.5. The Morgan fingerprint density at radius 3 is 2.70 bits per heavy atom. The minimum Gasteiger partial charge on any atom is -0.508 e. The highest BCUT2D eigenvalue weighted by molar-refractivity contribution is 5.94. The number of nitrogens with one attached hydrogen (secondary N) is 1. The lowest BCUT2D eigenvalue weighted by Gasteiger charge is -2.30. The van der Waals surface area contributed by atoms with E-state index in [1.165, 1.54) is 19.3 Å². The van der Waals surface area contributed by atoms with E-state index in [1.807, 2.05) is 0 Å². The van der Waals surface area contributed by atoms with Crippen molar-refractivity contribution < 1.29 is 9.90 Å². The lowest BCUT2D eigenvalue weighted by atomic mass is 9.79. The number of carbonyl (C=O) groups excluding carboxylic acids is 1. The molecule has 1 saturated carbocycles. The fraction of sp³-hybridized carbons (Fsp3) is 0.562. The number of hydrogen-bond acceptors (Lipinski definition) is 3. The number of aromatic hydroxyl groups is 1. The van der Waals surface area contributed by atoms with Crippen molar-refractivity contribution in [2.45, 2.75) is 32.6 Å². The zero-order valence-electron chi connectivity index (χ0n) is 12.1. The van der Waals surface area contributed by atoms with E-state index in [1.54, 1.807) is 25.1 Å². The maximum atomic E-state index is 12.1. The van der Waals surface area contributed by atoms with Gasteiger partial charge in [-0.15, -0.1) is 0 Å². The molecule has 20 heavy (non-hydrogen) atoms. The molecule has 2 unspecified atom stereocenters. The normalized spacial score (nSPS) is 22.5. The van der Waals surface area contributed by atoms with Crippen molar-refractivity contribution >= 4 is 5.91 Å². The molecule has 0 spiro atoms. The summed E-state index contributed by atoms with van der Waals surface area (Å²) in [4.78, 5) is 12.1. The molecule has 4 nitrogen and oxygen atoms in total. The molecule has 1 amide bonds. The van der Waals surface area contributed by atoms with Gasteiger partial charge < -0.3 is 16.2 Å². The molecule has 1 aliphatic rings. The van der Waals surface area contributed by atoms with Crippen LogP contribution in [0.5, 0.6) is 5.75 Å². The van der Waals surface area contributed by atoms with E-state index < -0.39 is 0 Å². The Morgan fingerprint density at radius 2 is 2.05 bits per heavy atom. The van der Waals surface area contributed by atoms with Gasteiger partial charge in [-0.3, -0.25) is 4.79 Å². The first-order valence-electron chi connectivity index (χ1n) is 7.39. The Bertz CT molecular complexity index is 474. The van der Waals surface area contributed by atoms with Gasteiger partial charge in [0.15, 0.2) is 0 Å². The average Bonchev–Trinajstić information content (AvgIpc) is 2.47. The fourth-order valence-electron chi connectivity index (χ4n) is 2.99. The smallest absolute Gasteiger partial charge is 0.251 e. The summed E-state index contributed by atoms with van der Waals surface area (Å²) in [6.07, 6.45) is 4.81. The molecule has 1 aromatic carbocycles. The van der Waals surface area contributed by atoms with Crippen LogP contribution in [0.15, 0.2) is 18.2 Å². The van der Waals surface area contributed by atoms with E-state index in [0.29, 0.717) is 30.5 Å². The SMILES string of the molecule is Cc1cc(C(=O)NCC2CCCCC2CN)ccc1O. The molecule has 2 atom stereocenters. The predicted octanol–water partition coefficient (Wildman–Crippen LogP) is 2.20. The summed E-state index contributed by atoms with van der Waals surface area (Å²) in [6, 6.07) is 4.93. The molecule has 1 aromatic rings. The highest BCUT2D eigenvalue weighted by atomic mass is 16.3. The summed E-state index contributed by atoms with van der Waals surface area (Å²) in [5.41, 5.74) is 7.12. The molecule has 4 N–H and O–H groups in total. The minimum absolute atomic E-state index is 0.0746. The average molecular weight is 276 g/mol. The molecular formula is C16H24N2O2. The zero-order chi connectivity index (χ0) is 14.5. The van der Waals surface area contributed by atoms with E-state index in [2.05, 4.69) is 5.32 Å². The topological polar surface area (TPSA) is 75.4 Å². The van der Waals surface area contributed by atoms with Crippen LogP contribution in [-0.2, 0) is 0 Å². The second-order valence-electron chi connectivity index (χ2n) is 5.75. The van der Waals surface area contributed by atoms with Gasteiger partial charge in [-0.05, 0) is 61.9 Å². The molecule has 0 radical (unpaired) electrons. The van der Waals surface area contributed by atoms with Gasteiger partial charge in [0.05, 0.1) is 0 Å². The van der Waals surface area contributed by atoms with E-state index >= 15 is 0 Å². The van der Waals surface area contributed by atoms with Crippen LogP contribution < -0.4 is 11.1 Å². The number of rotatable bonds is 4. The van der Waals surface area contributed by atoms with Crippen molar-refractivity contribution in [3.8, 4) is 5.75 Å². The van der Waals surface area contributed by atoms with Gasteiger partial charge in [0.2, 0.25) is 0 Å². The van der Waals surface area contributed by atoms with Gasteiger partial charge in [0.25, 0.3) is 5.91 Å². The number of aryl methyl sites for hydroxylation is 1. The maximum Gasteiger partial charge on any atom is 0.251 e. The summed E-state index contributed by atoms with van der Waals surface area (Å²) < 4.78 is 0. The zero-order valence-corrected chi connectivity index (χ0v) is 12.1. The van der Waals surface area contributed by atoms with Crippen molar-refractivity contribution in [3.05, 3.63) is 29.3 Å². The third-order valence-corrected chi connectivity index (χ3v) is 4.35. The van der Waals surface area contributed by atoms with Crippen molar-refractivity contribution in [2.24, 2.45) is 17.6 Å². The van der Waals surface area contributed by atoms with E-state index in [9.17, 15) is 9.90 Å². The molecule has 1 aliphatic carbocycles. The highest BCUT2D eigenvalue weighted by Crippen LogP contribution is 2.28. The Hall–Kier alpha value is -1.55. The summed E-state index contributed by atoms with van der Waals surface area (Å²) >= 11 is 0. The molecule has 0 aliphatic heterocycles. The first kappa shape index (κ1) is 14.9. The van der Waals surface area contributed by atoms with Gasteiger partial charge in [-0.1, -0.05) is 12.8 Å². The third-order valence-electron chi connectivity index (χ3n) is 4.35. The molecule has 110 valence electrons. The quantitative estimate of drug-likeness (QED) is 0.789. The van der Waals surface area contributed by atoms with Gasteiger partial charge >= 0.3 is 0 Å². The summed E-state index contributed by atoms with van der Waals surface area (Å²) in [5.74, 6) is 1.17. The molecule has 0 saturated heterocycles. The fourth-order valence-corrected chi connectivity index (χ4v) is 2.99. The Kier molecular flexibility index (Phi) is 5.01. The van der Waals surface area contributed by atoms with Crippen LogP contribution in [0.2, 0.25) is 0 Å². The Morgan fingerprint density at radius 1 is 1.35 bits per heavy atom. The highest BCUT2D eigenvalue weighted by Gasteiger charge is 2.24. The first-order valence-corrected chi connectivity index (χ1v) is 7.39. The predicted molar refractivity (Wildman–Crippen MR) is 79.7 cm³/mol. The van der Waals surface area contributed by atoms with Crippen LogP contribution >= 0.6 is 0 Å². The molecule has 0 heterocycles. The minimum atomic E-state index is -0.0746. The van der Waals surface area contributed by atoms with Crippen LogP contribution in [-0.4, -0.2) is 24.1 Å². The molecule has 2 rings (SSSR count). The van der Waals surface area contributed by atoms with Crippen molar-refractivity contribution in [1.82, 2.24) is 5.32 Å². The lowest BCUT2D eigenvalue weighted by molar-refractivity contribution is 0.0935. The van der Waals surface area contributed by atoms with E-state index in [0.717, 1.165) is 12.0 Å². The second kappa shape index (κ2) is 6.75. The Balaban J connectivity index is 1.92. The van der Waals surface area contributed by atoms with Gasteiger partial charge in [-0.2, -0.15) is 0 Å². The number of amides is 1. The number of nitrogens with two attached hydrogens (primary N) is 1. The molecule has 0 bridgehead atoms. The Labute approximate surface area is 120 Å². The van der Waals surface area contributed by atoms with Crippen LogP contribution in [0.4, 0.5) is 0 Å². The summed E-state index contributed by atoms with van der Waals surface area (Å²) in [7, 11) is 0. The summed E-state index contributed by atoms with van der Waals surface area (Å²) in [6.45, 7) is 3.19. The molecular weight excluding hydrogens is 252 g/mol. The second-order valence-corrected chi connectivity index (χ2v) is 5.75. The van der Waals surface area contributed by atoms with Gasteiger partial charge in [0, 0.05) is 12.1 Å². The monoisotopic (exact) mass is 276 g/mol. The van der Waals surface area contributed by atoms with Crippen LogP contribution in [0.25, 0.3) is 0 Å². The molecule has 4 heteroatoms. The van der Waals surface area contributed by atoms with Crippen LogP contribution in [0.1, 0.15) is 41.6 Å². The molecule has 0 aromatic heterocycles. The van der Waals surface area contributed by atoms with Crippen molar-refractivity contribution in [2.75, 3.05) is 13.1 Å². The van der Waals surface area contributed by atoms with E-state index in [-0.39, 0.29) is 11.7 Å². The number of benzene rings is 1. The van der Waals surface area contributed by atoms with Crippen molar-refractivity contribution in [3.63, 3.8) is 0 Å². The number of phenolic OH excluding ortho intramolecular Hbond substituents is 1. The van der Waals surface area contributed by atoms with Crippen LogP contribution in [0.3, 0.4) is 0 Å². The lowest BCUT2D eigenvalue weighted by Crippen LogP contribution is -2.36. The van der Waals surface area contributed by atoms with Gasteiger partial charge in [-0.25, -0.2) is 0 Å². The van der Waals surface area contributed by atoms with Crippen LogP contribution in [0, 0.1) is 18.8 Å². The molecule has 1 fully saturated rings. The maximum absolute atomic E-state index is 12.1. The van der Waals surface area contributed by atoms with Gasteiger partial charge in [0.1, 0.15) is 5.75 Å². The third kappa shape index (κ3) is 3.51. The number of carbonyl (C=O) groups is 1. The standard InChI is InChI=1S/C16H24N2O2/c1-11-8-12(6-7-15(11)19)16(20)18-10-14-5-3-2-4-13(14)9-17/h6-8,13-14,19H,2-5,9-10,17H2,1H3,(H,18,20). The number of hydrogen-bond donors (Lipinski definition) is 3. The number of phenols is 1. The first-order chi connectivity index (χ1) is 9.61. The van der Waals surface area contributed by atoms with E-state index in [4.69, 9.17) is 5.73 Å². The van der Waals surface area contributed by atoms with Crippen molar-refractivity contribution in [1.29, 1.82) is 0 Å². The largest absolute Gasteiger partial charge is 0.508 e.